The molecule has 4 nitrogen and oxygen atoms in total. The summed E-state index contributed by atoms with van der Waals surface area (Å²) in [7, 11) is 0. The molecule has 0 saturated carbocycles. The lowest BCUT2D eigenvalue weighted by Gasteiger charge is -2.46. The molecule has 3 atom stereocenters. The second-order valence-corrected chi connectivity index (χ2v) is 8.15. The number of thiophene rings is 1. The Kier molecular flexibility index (Phi) is 3.72. The molecule has 1 aromatic rings. The smallest absolute Gasteiger partial charge is 0.348 e. The summed E-state index contributed by atoms with van der Waals surface area (Å²) < 4.78 is 11.2. The third-order valence-electron chi connectivity index (χ3n) is 5.86. The maximum Gasteiger partial charge on any atom is 0.348 e. The number of allylic oxidation sites excluding steroid dienone is 3. The van der Waals surface area contributed by atoms with Crippen LogP contribution >= 0.6 is 11.3 Å². The molecular weight excluding hydrogens is 336 g/mol. The SMILES string of the molecule is CC1=C2CC3(C)C(=CCC(OC(=O)c4cccs4)C3C)C=C2OC1=O. The van der Waals surface area contributed by atoms with E-state index in [1.807, 2.05) is 24.4 Å². The molecule has 0 aromatic carbocycles. The van der Waals surface area contributed by atoms with Gasteiger partial charge in [-0.25, -0.2) is 9.59 Å². The van der Waals surface area contributed by atoms with Crippen molar-refractivity contribution in [3.63, 3.8) is 0 Å². The molecule has 2 aliphatic carbocycles. The zero-order valence-electron chi connectivity index (χ0n) is 14.5. The lowest BCUT2D eigenvalue weighted by molar-refractivity contribution is -0.133. The van der Waals surface area contributed by atoms with Crippen molar-refractivity contribution in [2.75, 3.05) is 0 Å². The Morgan fingerprint density at radius 2 is 2.24 bits per heavy atom. The molecule has 1 aromatic heterocycles. The van der Waals surface area contributed by atoms with E-state index in [4.69, 9.17) is 9.47 Å². The summed E-state index contributed by atoms with van der Waals surface area (Å²) in [6, 6.07) is 3.64. The van der Waals surface area contributed by atoms with Crippen LogP contribution in [0.3, 0.4) is 0 Å². The van der Waals surface area contributed by atoms with Gasteiger partial charge in [0.1, 0.15) is 16.7 Å². The van der Waals surface area contributed by atoms with Crippen LogP contribution in [0.25, 0.3) is 0 Å². The minimum atomic E-state index is -0.255. The number of esters is 2. The summed E-state index contributed by atoms with van der Waals surface area (Å²) in [6.45, 7) is 6.13. The summed E-state index contributed by atoms with van der Waals surface area (Å²) in [5.41, 5.74) is 2.68. The zero-order valence-corrected chi connectivity index (χ0v) is 15.3. The molecule has 0 spiro atoms. The summed E-state index contributed by atoms with van der Waals surface area (Å²) in [6.07, 6.45) is 5.35. The number of carbonyl (C=O) groups excluding carboxylic acids is 2. The van der Waals surface area contributed by atoms with Crippen molar-refractivity contribution in [2.45, 2.75) is 39.7 Å². The van der Waals surface area contributed by atoms with Crippen molar-refractivity contribution < 1.29 is 19.1 Å². The van der Waals surface area contributed by atoms with Gasteiger partial charge in [-0.2, -0.15) is 0 Å². The molecule has 0 fully saturated rings. The Balaban J connectivity index is 1.63. The molecule has 0 N–H and O–H groups in total. The molecule has 0 bridgehead atoms. The first-order chi connectivity index (χ1) is 11.9. The Morgan fingerprint density at radius 1 is 1.44 bits per heavy atom. The molecular formula is C20H20O4S. The fraction of sp³-hybridized carbons (Fsp3) is 0.400. The van der Waals surface area contributed by atoms with Crippen LogP contribution in [0.15, 0.2) is 52.1 Å². The average Bonchev–Trinajstić information content (AvgIpc) is 3.20. The summed E-state index contributed by atoms with van der Waals surface area (Å²) in [5, 5.41) is 1.88. The van der Waals surface area contributed by atoms with Crippen LogP contribution in [0.4, 0.5) is 0 Å². The van der Waals surface area contributed by atoms with Crippen molar-refractivity contribution in [1.82, 2.24) is 0 Å². The average molecular weight is 356 g/mol. The van der Waals surface area contributed by atoms with Gasteiger partial charge in [0.25, 0.3) is 0 Å². The maximum atomic E-state index is 12.3. The molecule has 130 valence electrons. The molecule has 4 rings (SSSR count). The molecule has 0 radical (unpaired) electrons. The van der Waals surface area contributed by atoms with Gasteiger partial charge >= 0.3 is 11.9 Å². The first-order valence-electron chi connectivity index (χ1n) is 8.49. The van der Waals surface area contributed by atoms with Crippen molar-refractivity contribution in [3.8, 4) is 0 Å². The molecule has 3 aliphatic rings. The summed E-state index contributed by atoms with van der Waals surface area (Å²) in [4.78, 5) is 24.8. The fourth-order valence-electron chi connectivity index (χ4n) is 3.97. The molecule has 25 heavy (non-hydrogen) atoms. The third-order valence-corrected chi connectivity index (χ3v) is 6.71. The summed E-state index contributed by atoms with van der Waals surface area (Å²) in [5.74, 6) is 0.323. The van der Waals surface area contributed by atoms with E-state index >= 15 is 0 Å². The molecule has 2 heterocycles. The quantitative estimate of drug-likeness (QED) is 0.737. The third kappa shape index (κ3) is 2.49. The van der Waals surface area contributed by atoms with E-state index in [1.54, 1.807) is 6.07 Å². The van der Waals surface area contributed by atoms with Gasteiger partial charge in [-0.15, -0.1) is 11.3 Å². The second-order valence-electron chi connectivity index (χ2n) is 7.20. The highest BCUT2D eigenvalue weighted by Crippen LogP contribution is 2.53. The molecule has 0 amide bonds. The number of fused-ring (bicyclic) bond motifs is 2. The number of hydrogen-bond donors (Lipinski definition) is 0. The Labute approximate surface area is 150 Å². The molecule has 1 aliphatic heterocycles. The lowest BCUT2D eigenvalue weighted by Crippen LogP contribution is -2.42. The van der Waals surface area contributed by atoms with Gasteiger partial charge in [-0.05, 0) is 36.4 Å². The van der Waals surface area contributed by atoms with E-state index in [0.29, 0.717) is 22.6 Å². The Morgan fingerprint density at radius 3 is 2.96 bits per heavy atom. The predicted octanol–water partition coefficient (Wildman–Crippen LogP) is 4.41. The predicted molar refractivity (Wildman–Crippen MR) is 95.0 cm³/mol. The van der Waals surface area contributed by atoms with Crippen LogP contribution in [0.5, 0.6) is 0 Å². The fourth-order valence-corrected chi connectivity index (χ4v) is 4.58. The first-order valence-corrected chi connectivity index (χ1v) is 9.37. The van der Waals surface area contributed by atoms with Gasteiger partial charge in [0, 0.05) is 28.9 Å². The van der Waals surface area contributed by atoms with Crippen molar-refractivity contribution in [3.05, 3.63) is 57.0 Å². The van der Waals surface area contributed by atoms with Crippen LogP contribution in [0.1, 0.15) is 43.3 Å². The standard InChI is InChI=1S/C20H20O4S/c1-11-14-10-20(3)12(2)15(23-19(22)17-5-4-8-25-17)7-6-13(20)9-16(14)24-18(11)21/h4-6,8-9,12,15H,7,10H2,1-3H3. The lowest BCUT2D eigenvalue weighted by atomic mass is 9.60. The number of ether oxygens (including phenoxy) is 2. The van der Waals surface area contributed by atoms with Crippen LogP contribution in [0.2, 0.25) is 0 Å². The van der Waals surface area contributed by atoms with Gasteiger partial charge in [0.05, 0.1) is 0 Å². The van der Waals surface area contributed by atoms with Crippen molar-refractivity contribution in [2.24, 2.45) is 11.3 Å². The van der Waals surface area contributed by atoms with Crippen molar-refractivity contribution in [1.29, 1.82) is 0 Å². The van der Waals surface area contributed by atoms with E-state index in [9.17, 15) is 9.59 Å². The van der Waals surface area contributed by atoms with Gasteiger partial charge in [-0.1, -0.05) is 26.0 Å². The highest BCUT2D eigenvalue weighted by molar-refractivity contribution is 7.11. The minimum Gasteiger partial charge on any atom is -0.458 e. The first kappa shape index (κ1) is 16.3. The van der Waals surface area contributed by atoms with E-state index < -0.39 is 0 Å². The van der Waals surface area contributed by atoms with Gasteiger partial charge in [0.15, 0.2) is 0 Å². The topological polar surface area (TPSA) is 52.6 Å². The van der Waals surface area contributed by atoms with Crippen molar-refractivity contribution >= 4 is 23.3 Å². The second kappa shape index (κ2) is 5.70. The largest absolute Gasteiger partial charge is 0.458 e. The number of rotatable bonds is 2. The highest BCUT2D eigenvalue weighted by atomic mass is 32.1. The van der Waals surface area contributed by atoms with Crippen LogP contribution in [-0.2, 0) is 14.3 Å². The van der Waals surface area contributed by atoms with Crippen LogP contribution in [0, 0.1) is 11.3 Å². The highest BCUT2D eigenvalue weighted by Gasteiger charge is 2.48. The van der Waals surface area contributed by atoms with E-state index in [1.165, 1.54) is 16.9 Å². The molecule has 5 heteroatoms. The summed E-state index contributed by atoms with van der Waals surface area (Å²) >= 11 is 1.39. The Hall–Kier alpha value is -2.14. The van der Waals surface area contributed by atoms with Gasteiger partial charge in [0.2, 0.25) is 0 Å². The monoisotopic (exact) mass is 356 g/mol. The maximum absolute atomic E-state index is 12.3. The van der Waals surface area contributed by atoms with E-state index in [-0.39, 0.29) is 29.4 Å². The minimum absolute atomic E-state index is 0.144. The molecule has 3 unspecified atom stereocenters. The number of carbonyl (C=O) groups is 2. The normalized spacial score (nSPS) is 30.9. The Bertz CT molecular complexity index is 843. The van der Waals surface area contributed by atoms with Crippen LogP contribution < -0.4 is 0 Å². The zero-order chi connectivity index (χ0) is 17.8. The van der Waals surface area contributed by atoms with Gasteiger partial charge in [-0.3, -0.25) is 0 Å². The molecule has 0 saturated heterocycles. The van der Waals surface area contributed by atoms with Gasteiger partial charge < -0.3 is 9.47 Å². The van der Waals surface area contributed by atoms with E-state index in [2.05, 4.69) is 19.9 Å². The van der Waals surface area contributed by atoms with E-state index in [0.717, 1.165) is 12.0 Å². The van der Waals surface area contributed by atoms with Crippen LogP contribution in [-0.4, -0.2) is 18.0 Å². The number of hydrogen-bond acceptors (Lipinski definition) is 5.